The van der Waals surface area contributed by atoms with Crippen molar-refractivity contribution in [3.05, 3.63) is 28.8 Å². The number of methoxy groups -OCH3 is 1. The smallest absolute Gasteiger partial charge is 0.305 e. The van der Waals surface area contributed by atoms with Gasteiger partial charge in [0.25, 0.3) is 0 Å². The van der Waals surface area contributed by atoms with E-state index >= 15 is 0 Å². The number of hydrogen-bond acceptors (Lipinski definition) is 4. The van der Waals surface area contributed by atoms with Crippen LogP contribution in [0.3, 0.4) is 0 Å². The maximum Gasteiger partial charge on any atom is 0.305 e. The van der Waals surface area contributed by atoms with Gasteiger partial charge in [0.15, 0.2) is 0 Å². The molecule has 0 saturated heterocycles. The van der Waals surface area contributed by atoms with Crippen molar-refractivity contribution < 1.29 is 14.3 Å². The number of benzene rings is 1. The van der Waals surface area contributed by atoms with Gasteiger partial charge in [-0.2, -0.15) is 0 Å². The lowest BCUT2D eigenvalue weighted by atomic mass is 10.0. The summed E-state index contributed by atoms with van der Waals surface area (Å²) in [6.07, 6.45) is 2.87. The molecule has 4 nitrogen and oxygen atoms in total. The predicted octanol–water partition coefficient (Wildman–Crippen LogP) is 3.47. The Kier molecular flexibility index (Phi) is 7.41. The number of nitrogens with two attached hydrogens (primary N) is 1. The normalized spacial score (nSPS) is 12.0. The highest BCUT2D eigenvalue weighted by Crippen LogP contribution is 2.28. The zero-order valence-corrected chi connectivity index (χ0v) is 12.8. The Labute approximate surface area is 125 Å². The molecular formula is C15H22ClNO3. The average Bonchev–Trinajstić information content (AvgIpc) is 2.43. The molecule has 0 aliphatic heterocycles. The van der Waals surface area contributed by atoms with Gasteiger partial charge in [0.2, 0.25) is 0 Å². The summed E-state index contributed by atoms with van der Waals surface area (Å²) in [5.74, 6) is 0.566. The maximum atomic E-state index is 11.2. The van der Waals surface area contributed by atoms with Crippen LogP contribution in [0.2, 0.25) is 5.02 Å². The minimum absolute atomic E-state index is 0.129. The molecule has 0 saturated carbocycles. The summed E-state index contributed by atoms with van der Waals surface area (Å²) in [7, 11) is 1.60. The number of unbranched alkanes of at least 4 members (excludes halogenated alkanes) is 1. The Hall–Kier alpha value is -1.26. The second kappa shape index (κ2) is 8.82. The second-order valence-electron chi connectivity index (χ2n) is 4.54. The van der Waals surface area contributed by atoms with Gasteiger partial charge in [-0.25, -0.2) is 0 Å². The predicted molar refractivity (Wildman–Crippen MR) is 80.0 cm³/mol. The average molecular weight is 300 g/mol. The van der Waals surface area contributed by atoms with E-state index in [1.807, 2.05) is 12.1 Å². The molecule has 112 valence electrons. The van der Waals surface area contributed by atoms with Crippen LogP contribution < -0.4 is 10.5 Å². The van der Waals surface area contributed by atoms with Crippen molar-refractivity contribution in [2.24, 2.45) is 5.73 Å². The standard InChI is InChI=1S/C15H22ClNO3/c1-3-20-15(18)7-5-4-6-14(17)12-9-8-11(19-2)10-13(12)16/h8-10,14H,3-7,17H2,1-2H3. The van der Waals surface area contributed by atoms with E-state index in [4.69, 9.17) is 26.8 Å². The summed E-state index contributed by atoms with van der Waals surface area (Å²) in [5, 5.41) is 0.613. The molecule has 0 aliphatic carbocycles. The van der Waals surface area contributed by atoms with E-state index in [2.05, 4.69) is 0 Å². The molecule has 1 aromatic carbocycles. The Bertz CT molecular complexity index is 437. The molecule has 5 heteroatoms. The van der Waals surface area contributed by atoms with Crippen LogP contribution in [0.4, 0.5) is 0 Å². The third kappa shape index (κ3) is 5.39. The van der Waals surface area contributed by atoms with Crippen molar-refractivity contribution in [2.75, 3.05) is 13.7 Å². The topological polar surface area (TPSA) is 61.5 Å². The van der Waals surface area contributed by atoms with Crippen LogP contribution in [0, 0.1) is 0 Å². The van der Waals surface area contributed by atoms with E-state index < -0.39 is 0 Å². The highest BCUT2D eigenvalue weighted by Gasteiger charge is 2.11. The SMILES string of the molecule is CCOC(=O)CCCCC(N)c1ccc(OC)cc1Cl. The number of carbonyl (C=O) groups excluding carboxylic acids is 1. The van der Waals surface area contributed by atoms with Crippen molar-refractivity contribution in [3.63, 3.8) is 0 Å². The highest BCUT2D eigenvalue weighted by molar-refractivity contribution is 6.31. The van der Waals surface area contributed by atoms with Crippen LogP contribution in [0.25, 0.3) is 0 Å². The molecule has 0 aromatic heterocycles. The fraction of sp³-hybridized carbons (Fsp3) is 0.533. The van der Waals surface area contributed by atoms with E-state index in [1.54, 1.807) is 20.1 Å². The number of ether oxygens (including phenoxy) is 2. The molecule has 20 heavy (non-hydrogen) atoms. The number of rotatable bonds is 8. The first kappa shape index (κ1) is 16.8. The summed E-state index contributed by atoms with van der Waals surface area (Å²) >= 11 is 6.17. The third-order valence-corrected chi connectivity index (χ3v) is 3.39. The molecule has 0 radical (unpaired) electrons. The molecule has 0 spiro atoms. The minimum Gasteiger partial charge on any atom is -0.497 e. The maximum absolute atomic E-state index is 11.2. The molecular weight excluding hydrogens is 278 g/mol. The van der Waals surface area contributed by atoms with Crippen molar-refractivity contribution >= 4 is 17.6 Å². The summed E-state index contributed by atoms with van der Waals surface area (Å²) in [6, 6.07) is 5.36. The van der Waals surface area contributed by atoms with Crippen molar-refractivity contribution in [2.45, 2.75) is 38.6 Å². The molecule has 0 fully saturated rings. The van der Waals surface area contributed by atoms with E-state index in [1.165, 1.54) is 0 Å². The molecule has 0 aliphatic rings. The molecule has 0 amide bonds. The quantitative estimate of drug-likeness (QED) is 0.590. The Balaban J connectivity index is 2.39. The summed E-state index contributed by atoms with van der Waals surface area (Å²) < 4.78 is 9.97. The first-order chi connectivity index (χ1) is 9.58. The molecule has 2 N–H and O–H groups in total. The van der Waals surface area contributed by atoms with E-state index in [0.717, 1.165) is 24.8 Å². The fourth-order valence-electron chi connectivity index (χ4n) is 1.96. The van der Waals surface area contributed by atoms with Crippen LogP contribution in [0.1, 0.15) is 44.2 Å². The van der Waals surface area contributed by atoms with Gasteiger partial charge in [-0.05, 0) is 37.5 Å². The number of esters is 1. The van der Waals surface area contributed by atoms with Crippen molar-refractivity contribution in [1.29, 1.82) is 0 Å². The van der Waals surface area contributed by atoms with Crippen LogP contribution in [0.15, 0.2) is 18.2 Å². The monoisotopic (exact) mass is 299 g/mol. The largest absolute Gasteiger partial charge is 0.497 e. The number of halogens is 1. The molecule has 1 aromatic rings. The summed E-state index contributed by atoms with van der Waals surface area (Å²) in [5.41, 5.74) is 7.03. The van der Waals surface area contributed by atoms with Gasteiger partial charge < -0.3 is 15.2 Å². The van der Waals surface area contributed by atoms with Gasteiger partial charge in [-0.1, -0.05) is 24.1 Å². The van der Waals surface area contributed by atoms with Gasteiger partial charge in [0.05, 0.1) is 13.7 Å². The Morgan fingerprint density at radius 1 is 1.40 bits per heavy atom. The number of carbonyl (C=O) groups is 1. The lowest BCUT2D eigenvalue weighted by Gasteiger charge is -2.14. The molecule has 1 atom stereocenters. The van der Waals surface area contributed by atoms with Gasteiger partial charge in [0.1, 0.15) is 5.75 Å². The first-order valence-electron chi connectivity index (χ1n) is 6.83. The fourth-order valence-corrected chi connectivity index (χ4v) is 2.27. The molecule has 0 bridgehead atoms. The number of hydrogen-bond donors (Lipinski definition) is 1. The zero-order valence-electron chi connectivity index (χ0n) is 12.0. The summed E-state index contributed by atoms with van der Waals surface area (Å²) in [4.78, 5) is 11.2. The third-order valence-electron chi connectivity index (χ3n) is 3.06. The molecule has 1 rings (SSSR count). The molecule has 1 unspecified atom stereocenters. The molecule has 0 heterocycles. The second-order valence-corrected chi connectivity index (χ2v) is 4.95. The Morgan fingerprint density at radius 3 is 2.75 bits per heavy atom. The first-order valence-corrected chi connectivity index (χ1v) is 7.21. The minimum atomic E-state index is -0.149. The summed E-state index contributed by atoms with van der Waals surface area (Å²) in [6.45, 7) is 2.24. The van der Waals surface area contributed by atoms with Crippen LogP contribution in [-0.4, -0.2) is 19.7 Å². The van der Waals surface area contributed by atoms with Gasteiger partial charge in [-0.15, -0.1) is 0 Å². The van der Waals surface area contributed by atoms with Crippen LogP contribution in [0.5, 0.6) is 5.75 Å². The van der Waals surface area contributed by atoms with Crippen molar-refractivity contribution in [1.82, 2.24) is 0 Å². The van der Waals surface area contributed by atoms with E-state index in [9.17, 15) is 4.79 Å². The highest BCUT2D eigenvalue weighted by atomic mass is 35.5. The van der Waals surface area contributed by atoms with Crippen LogP contribution >= 0.6 is 11.6 Å². The lowest BCUT2D eigenvalue weighted by molar-refractivity contribution is -0.143. The lowest BCUT2D eigenvalue weighted by Crippen LogP contribution is -2.11. The van der Waals surface area contributed by atoms with Gasteiger partial charge in [0, 0.05) is 17.5 Å². The Morgan fingerprint density at radius 2 is 2.15 bits per heavy atom. The van der Waals surface area contributed by atoms with E-state index in [-0.39, 0.29) is 12.0 Å². The van der Waals surface area contributed by atoms with Gasteiger partial charge in [-0.3, -0.25) is 4.79 Å². The zero-order chi connectivity index (χ0) is 15.0. The van der Waals surface area contributed by atoms with Crippen LogP contribution in [-0.2, 0) is 9.53 Å². The van der Waals surface area contributed by atoms with Gasteiger partial charge >= 0.3 is 5.97 Å². The van der Waals surface area contributed by atoms with E-state index in [0.29, 0.717) is 23.8 Å². The van der Waals surface area contributed by atoms with Crippen molar-refractivity contribution in [3.8, 4) is 5.75 Å².